The highest BCUT2D eigenvalue weighted by atomic mass is 35.5. The molecule has 0 aliphatic carbocycles. The van der Waals surface area contributed by atoms with Crippen molar-refractivity contribution in [3.63, 3.8) is 0 Å². The van der Waals surface area contributed by atoms with Gasteiger partial charge in [-0.15, -0.1) is 12.4 Å². The van der Waals surface area contributed by atoms with Crippen molar-refractivity contribution in [2.24, 2.45) is 0 Å². The molecule has 0 bridgehead atoms. The van der Waals surface area contributed by atoms with Crippen LogP contribution in [0.25, 0.3) is 27.8 Å². The number of aromatic amines is 1. The first-order chi connectivity index (χ1) is 21.6. The molecule has 3 heterocycles. The van der Waals surface area contributed by atoms with E-state index in [-0.39, 0.29) is 25.5 Å². The van der Waals surface area contributed by atoms with Gasteiger partial charge in [-0.25, -0.2) is 9.07 Å². The molecule has 3 N–H and O–H groups in total. The molecule has 0 amide bonds. The molecule has 46 heavy (non-hydrogen) atoms. The molecule has 0 unspecified atom stereocenters. The zero-order chi connectivity index (χ0) is 31.9. The van der Waals surface area contributed by atoms with Gasteiger partial charge in [-0.1, -0.05) is 32.0 Å². The quantitative estimate of drug-likeness (QED) is 0.144. The number of aryl methyl sites for hydroxylation is 2. The molecule has 0 saturated heterocycles. The van der Waals surface area contributed by atoms with Crippen LogP contribution in [0.1, 0.15) is 47.4 Å². The highest BCUT2D eigenvalue weighted by Gasteiger charge is 2.32. The maximum atomic E-state index is 16.5. The van der Waals surface area contributed by atoms with Crippen molar-refractivity contribution in [1.82, 2.24) is 20.1 Å². The minimum Gasteiger partial charge on any atom is -0.480 e. The number of hydrogen-bond acceptors (Lipinski definition) is 4. The summed E-state index contributed by atoms with van der Waals surface area (Å²) in [6, 6.07) is 14.5. The Bertz CT molecular complexity index is 1860. The molecule has 7 nitrogen and oxygen atoms in total. The normalized spacial score (nSPS) is 13.1. The number of nitrogens with zero attached hydrogens (tertiary/aromatic N) is 3. The second-order valence-electron chi connectivity index (χ2n) is 11.2. The third-order valence-corrected chi connectivity index (χ3v) is 8.48. The van der Waals surface area contributed by atoms with E-state index >= 15 is 4.39 Å². The lowest BCUT2D eigenvalue weighted by Gasteiger charge is -2.29. The van der Waals surface area contributed by atoms with Crippen molar-refractivity contribution in [2.45, 2.75) is 52.4 Å². The Morgan fingerprint density at radius 2 is 1.74 bits per heavy atom. The molecule has 5 aromatic rings. The van der Waals surface area contributed by atoms with Gasteiger partial charge in [0.15, 0.2) is 0 Å². The summed E-state index contributed by atoms with van der Waals surface area (Å²) in [6.07, 6.45) is -0.697. The number of H-pyrrole nitrogens is 1. The van der Waals surface area contributed by atoms with Gasteiger partial charge in [-0.2, -0.15) is 18.3 Å². The summed E-state index contributed by atoms with van der Waals surface area (Å²) in [4.78, 5) is 16.3. The first-order valence-corrected chi connectivity index (χ1v) is 15.0. The first kappa shape index (κ1) is 33.0. The van der Waals surface area contributed by atoms with Crippen molar-refractivity contribution < 1.29 is 27.5 Å². The maximum Gasteiger partial charge on any atom is 0.416 e. The number of hydrogen-bond donors (Lipinski definition) is 3. The number of benzene rings is 3. The van der Waals surface area contributed by atoms with Gasteiger partial charge >= 0.3 is 12.1 Å². The zero-order valence-electron chi connectivity index (χ0n) is 25.3. The number of alkyl halides is 3. The zero-order valence-corrected chi connectivity index (χ0v) is 26.2. The smallest absolute Gasteiger partial charge is 0.416 e. The van der Waals surface area contributed by atoms with Gasteiger partial charge in [-0.05, 0) is 65.9 Å². The van der Waals surface area contributed by atoms with Gasteiger partial charge < -0.3 is 20.3 Å². The van der Waals surface area contributed by atoms with Crippen molar-refractivity contribution in [2.75, 3.05) is 18.0 Å². The fourth-order valence-corrected chi connectivity index (χ4v) is 6.31. The van der Waals surface area contributed by atoms with Gasteiger partial charge in [0.2, 0.25) is 0 Å². The minimum absolute atomic E-state index is 0. The molecule has 1 aliphatic heterocycles. The second kappa shape index (κ2) is 13.2. The van der Waals surface area contributed by atoms with E-state index in [1.54, 1.807) is 12.3 Å². The van der Waals surface area contributed by atoms with Crippen LogP contribution in [-0.2, 0) is 43.3 Å². The summed E-state index contributed by atoms with van der Waals surface area (Å²) in [7, 11) is 0. The SMILES string of the molecule is CCc1cccc(CC)c1-n1nc2c(c1-c1c(F)cc(CNCC(=O)O)c3[nH]ccc13)CN(c1ccc(C(F)(F)F)cc1)CC2.Cl. The number of fused-ring (bicyclic) bond motifs is 2. The van der Waals surface area contributed by atoms with Crippen LogP contribution in [0.2, 0.25) is 0 Å². The topological polar surface area (TPSA) is 86.2 Å². The number of halogens is 5. The summed E-state index contributed by atoms with van der Waals surface area (Å²) in [5.74, 6) is -1.49. The molecular formula is C34H34ClF4N5O2. The number of carboxylic acids is 1. The summed E-state index contributed by atoms with van der Waals surface area (Å²) < 4.78 is 58.2. The van der Waals surface area contributed by atoms with Crippen LogP contribution < -0.4 is 10.2 Å². The molecule has 0 saturated carbocycles. The van der Waals surface area contributed by atoms with Crippen LogP contribution >= 0.6 is 12.4 Å². The average Bonchev–Trinajstić information content (AvgIpc) is 3.65. The third-order valence-electron chi connectivity index (χ3n) is 8.48. The van der Waals surface area contributed by atoms with Gasteiger partial charge in [0.1, 0.15) is 5.82 Å². The molecule has 0 radical (unpaired) electrons. The van der Waals surface area contributed by atoms with E-state index < -0.39 is 23.5 Å². The van der Waals surface area contributed by atoms with E-state index in [2.05, 4.69) is 24.1 Å². The van der Waals surface area contributed by atoms with E-state index in [0.717, 1.165) is 53.0 Å². The molecule has 242 valence electrons. The van der Waals surface area contributed by atoms with E-state index in [0.29, 0.717) is 52.9 Å². The van der Waals surface area contributed by atoms with Crippen LogP contribution in [0.4, 0.5) is 23.2 Å². The second-order valence-corrected chi connectivity index (χ2v) is 11.2. The molecule has 6 rings (SSSR count). The summed E-state index contributed by atoms with van der Waals surface area (Å²) in [5, 5.41) is 17.6. The highest BCUT2D eigenvalue weighted by Crippen LogP contribution is 2.41. The van der Waals surface area contributed by atoms with Crippen LogP contribution in [0.5, 0.6) is 0 Å². The highest BCUT2D eigenvalue weighted by molar-refractivity contribution is 5.98. The summed E-state index contributed by atoms with van der Waals surface area (Å²) in [5.41, 5.74) is 6.83. The third kappa shape index (κ3) is 6.09. The lowest BCUT2D eigenvalue weighted by Crippen LogP contribution is -2.30. The van der Waals surface area contributed by atoms with Gasteiger partial charge in [0, 0.05) is 54.5 Å². The molecule has 0 fully saturated rings. The largest absolute Gasteiger partial charge is 0.480 e. The fourth-order valence-electron chi connectivity index (χ4n) is 6.31. The molecule has 3 aromatic carbocycles. The number of nitrogens with one attached hydrogen (secondary N) is 2. The van der Waals surface area contributed by atoms with Crippen molar-refractivity contribution >= 4 is 35.0 Å². The van der Waals surface area contributed by atoms with Crippen molar-refractivity contribution in [1.29, 1.82) is 0 Å². The average molecular weight is 656 g/mol. The van der Waals surface area contributed by atoms with Crippen LogP contribution in [0.3, 0.4) is 0 Å². The van der Waals surface area contributed by atoms with E-state index in [4.69, 9.17) is 10.2 Å². The molecular weight excluding hydrogens is 622 g/mol. The van der Waals surface area contributed by atoms with Gasteiger partial charge in [0.05, 0.1) is 34.7 Å². The standard InChI is InChI=1S/C34H33F4N5O2.ClH/c1-3-20-6-5-7-21(4-2)32(20)43-33(30-25-12-14-40-31(25)22(16-27(30)35)17-39-18-29(44)45)26-19-42(15-13-28(26)41-43)24-10-8-23(9-11-24)34(36,37)38;/h5-12,14,16,39-40H,3-4,13,15,17-19H2,1-2H3,(H,44,45);1H. The van der Waals surface area contributed by atoms with E-state index in [1.807, 2.05) is 27.8 Å². The predicted molar refractivity (Wildman–Crippen MR) is 172 cm³/mol. The summed E-state index contributed by atoms with van der Waals surface area (Å²) >= 11 is 0. The van der Waals surface area contributed by atoms with E-state index in [1.165, 1.54) is 18.2 Å². The Morgan fingerprint density at radius 3 is 2.37 bits per heavy atom. The van der Waals surface area contributed by atoms with Crippen LogP contribution in [-0.4, -0.2) is 38.9 Å². The van der Waals surface area contributed by atoms with Gasteiger partial charge in [0.25, 0.3) is 0 Å². The first-order valence-electron chi connectivity index (χ1n) is 15.0. The number of aromatic nitrogens is 3. The Hall–Kier alpha value is -4.35. The molecule has 0 spiro atoms. The molecule has 1 aliphatic rings. The van der Waals surface area contributed by atoms with Crippen molar-refractivity contribution in [3.05, 3.63) is 100 Å². The van der Waals surface area contributed by atoms with Crippen LogP contribution in [0, 0.1) is 5.82 Å². The minimum atomic E-state index is -4.43. The lowest BCUT2D eigenvalue weighted by molar-refractivity contribution is -0.138. The number of aliphatic carboxylic acids is 1. The van der Waals surface area contributed by atoms with Crippen molar-refractivity contribution in [3.8, 4) is 16.9 Å². The number of rotatable bonds is 9. The fraction of sp³-hybridized carbons (Fsp3) is 0.294. The van der Waals surface area contributed by atoms with Gasteiger partial charge in [-0.3, -0.25) is 4.79 Å². The number of carbonyl (C=O) groups is 1. The Labute approximate surface area is 269 Å². The lowest BCUT2D eigenvalue weighted by atomic mass is 9.95. The number of carboxylic acid groups (broad SMARTS) is 1. The Balaban J connectivity index is 0.00000417. The maximum absolute atomic E-state index is 16.5. The Morgan fingerprint density at radius 1 is 1.04 bits per heavy atom. The van der Waals surface area contributed by atoms with Crippen LogP contribution in [0.15, 0.2) is 60.8 Å². The monoisotopic (exact) mass is 655 g/mol. The Kier molecular flexibility index (Phi) is 9.46. The molecule has 2 aromatic heterocycles. The van der Waals surface area contributed by atoms with E-state index in [9.17, 15) is 18.0 Å². The number of para-hydroxylation sites is 1. The molecule has 0 atom stereocenters. The summed E-state index contributed by atoms with van der Waals surface area (Å²) in [6.45, 7) is 4.90. The predicted octanol–water partition coefficient (Wildman–Crippen LogP) is 7.46. The number of anilines is 1. The molecule has 12 heteroatoms.